The topological polar surface area (TPSA) is 76.7 Å². The molecule has 2 N–H and O–H groups in total. The summed E-state index contributed by atoms with van der Waals surface area (Å²) in [7, 11) is 0. The third-order valence-electron chi connectivity index (χ3n) is 2.75. The van der Waals surface area contributed by atoms with Gasteiger partial charge in [0.2, 0.25) is 0 Å². The maximum atomic E-state index is 13.0. The molecule has 1 rings (SSSR count). The first-order valence-corrected chi connectivity index (χ1v) is 7.48. The van der Waals surface area contributed by atoms with Crippen LogP contribution in [0.25, 0.3) is 0 Å². The monoisotopic (exact) mass is 362 g/mol. The number of halogens is 3. The Bertz CT molecular complexity index is 571. The van der Waals surface area contributed by atoms with Crippen LogP contribution >= 0.6 is 0 Å². The standard InChI is InChI=1S/C16H21F3N2O4/c1-15(2,3)25-14(23)21-12(16(17,18)19)9-20-13(22)24-10-11-7-5-4-6-8-11/h4-8,12H,9-10H2,1-3H3,(H,20,22)(H,21,23)/t12-/m1/s1. The number of carbonyl (C=O) groups excluding carboxylic acids is 2. The first-order chi connectivity index (χ1) is 11.5. The fourth-order valence-corrected chi connectivity index (χ4v) is 1.66. The number of ether oxygens (including phenoxy) is 2. The largest absolute Gasteiger partial charge is 0.445 e. The molecule has 9 heteroatoms. The third kappa shape index (κ3) is 8.83. The zero-order valence-electron chi connectivity index (χ0n) is 14.1. The van der Waals surface area contributed by atoms with E-state index in [1.165, 1.54) is 20.8 Å². The lowest BCUT2D eigenvalue weighted by Gasteiger charge is -2.25. The van der Waals surface area contributed by atoms with Crippen LogP contribution in [-0.4, -0.2) is 36.6 Å². The van der Waals surface area contributed by atoms with Crippen LogP contribution in [0.15, 0.2) is 30.3 Å². The van der Waals surface area contributed by atoms with Crippen molar-refractivity contribution in [3.05, 3.63) is 35.9 Å². The highest BCUT2D eigenvalue weighted by molar-refractivity contribution is 5.69. The number of carbonyl (C=O) groups is 2. The van der Waals surface area contributed by atoms with Gasteiger partial charge in [0, 0.05) is 0 Å². The summed E-state index contributed by atoms with van der Waals surface area (Å²) in [6.45, 7) is 3.61. The number of nitrogens with one attached hydrogen (secondary N) is 2. The Labute approximate surface area is 143 Å². The molecule has 1 aromatic carbocycles. The van der Waals surface area contributed by atoms with Gasteiger partial charge in [-0.3, -0.25) is 0 Å². The minimum absolute atomic E-state index is 0.0805. The quantitative estimate of drug-likeness (QED) is 0.842. The Morgan fingerprint density at radius 3 is 2.20 bits per heavy atom. The van der Waals surface area contributed by atoms with Gasteiger partial charge in [0.1, 0.15) is 18.2 Å². The normalized spacial score (nSPS) is 12.9. The summed E-state index contributed by atoms with van der Waals surface area (Å²) in [5.41, 5.74) is -0.251. The van der Waals surface area contributed by atoms with E-state index in [1.54, 1.807) is 35.6 Å². The molecule has 0 bridgehead atoms. The Kier molecular flexibility index (Phi) is 7.08. The molecule has 0 radical (unpaired) electrons. The Hall–Kier alpha value is -2.45. The van der Waals surface area contributed by atoms with Crippen LogP contribution < -0.4 is 10.6 Å². The SMILES string of the molecule is CC(C)(C)OC(=O)N[C@H](CNC(=O)OCc1ccccc1)C(F)(F)F. The lowest BCUT2D eigenvalue weighted by molar-refractivity contribution is -0.153. The summed E-state index contributed by atoms with van der Waals surface area (Å²) in [4.78, 5) is 23.0. The van der Waals surface area contributed by atoms with Crippen molar-refractivity contribution in [2.75, 3.05) is 6.54 Å². The van der Waals surface area contributed by atoms with Gasteiger partial charge < -0.3 is 20.1 Å². The summed E-state index contributed by atoms with van der Waals surface area (Å²) in [6.07, 6.45) is -7.01. The van der Waals surface area contributed by atoms with Gasteiger partial charge in [0.15, 0.2) is 0 Å². The van der Waals surface area contributed by atoms with Gasteiger partial charge in [-0.25, -0.2) is 9.59 Å². The van der Waals surface area contributed by atoms with Crippen molar-refractivity contribution in [2.24, 2.45) is 0 Å². The van der Waals surface area contributed by atoms with Crippen molar-refractivity contribution in [3.63, 3.8) is 0 Å². The van der Waals surface area contributed by atoms with Crippen molar-refractivity contribution in [3.8, 4) is 0 Å². The number of amides is 2. The van der Waals surface area contributed by atoms with Gasteiger partial charge >= 0.3 is 18.4 Å². The van der Waals surface area contributed by atoms with Gasteiger partial charge in [-0.15, -0.1) is 0 Å². The van der Waals surface area contributed by atoms with E-state index < -0.39 is 36.6 Å². The second-order valence-corrected chi connectivity index (χ2v) is 6.18. The van der Waals surface area contributed by atoms with Crippen molar-refractivity contribution in [1.82, 2.24) is 10.6 Å². The van der Waals surface area contributed by atoms with E-state index in [-0.39, 0.29) is 6.61 Å². The van der Waals surface area contributed by atoms with Crippen LogP contribution in [0.2, 0.25) is 0 Å². The summed E-state index contributed by atoms with van der Waals surface area (Å²) in [6, 6.07) is 6.36. The van der Waals surface area contributed by atoms with Crippen LogP contribution in [0.1, 0.15) is 26.3 Å². The first-order valence-electron chi connectivity index (χ1n) is 7.48. The molecule has 25 heavy (non-hydrogen) atoms. The Balaban J connectivity index is 2.50. The number of alkyl halides is 3. The van der Waals surface area contributed by atoms with E-state index in [4.69, 9.17) is 9.47 Å². The molecule has 0 aliphatic carbocycles. The number of hydrogen-bond donors (Lipinski definition) is 2. The molecule has 6 nitrogen and oxygen atoms in total. The fourth-order valence-electron chi connectivity index (χ4n) is 1.66. The van der Waals surface area contributed by atoms with Crippen LogP contribution in [0.4, 0.5) is 22.8 Å². The molecular formula is C16H21F3N2O4. The van der Waals surface area contributed by atoms with E-state index in [9.17, 15) is 22.8 Å². The molecule has 0 aromatic heterocycles. The van der Waals surface area contributed by atoms with Crippen molar-refractivity contribution < 1.29 is 32.2 Å². The predicted molar refractivity (Wildman–Crippen MR) is 83.8 cm³/mol. The average molecular weight is 362 g/mol. The molecular weight excluding hydrogens is 341 g/mol. The zero-order chi connectivity index (χ0) is 19.1. The highest BCUT2D eigenvalue weighted by Gasteiger charge is 2.41. The van der Waals surface area contributed by atoms with E-state index in [2.05, 4.69) is 0 Å². The van der Waals surface area contributed by atoms with E-state index in [0.29, 0.717) is 5.56 Å². The highest BCUT2D eigenvalue weighted by Crippen LogP contribution is 2.20. The smallest absolute Gasteiger partial charge is 0.410 e. The molecule has 0 fully saturated rings. The predicted octanol–water partition coefficient (Wildman–Crippen LogP) is 3.37. The van der Waals surface area contributed by atoms with Gasteiger partial charge in [0.25, 0.3) is 0 Å². The molecule has 0 aliphatic rings. The van der Waals surface area contributed by atoms with Gasteiger partial charge in [-0.1, -0.05) is 30.3 Å². The van der Waals surface area contributed by atoms with Crippen molar-refractivity contribution in [2.45, 2.75) is 45.2 Å². The van der Waals surface area contributed by atoms with Crippen molar-refractivity contribution >= 4 is 12.2 Å². The van der Waals surface area contributed by atoms with E-state index >= 15 is 0 Å². The van der Waals surface area contributed by atoms with Crippen molar-refractivity contribution in [1.29, 1.82) is 0 Å². The molecule has 1 aromatic rings. The Morgan fingerprint density at radius 2 is 1.68 bits per heavy atom. The van der Waals surface area contributed by atoms with Gasteiger partial charge in [0.05, 0.1) is 6.54 Å². The molecule has 140 valence electrons. The van der Waals surface area contributed by atoms with E-state index in [0.717, 1.165) is 0 Å². The maximum absolute atomic E-state index is 13.0. The lowest BCUT2D eigenvalue weighted by atomic mass is 10.2. The van der Waals surface area contributed by atoms with Crippen LogP contribution in [0.3, 0.4) is 0 Å². The number of alkyl carbamates (subject to hydrolysis) is 2. The number of rotatable bonds is 5. The average Bonchev–Trinajstić information content (AvgIpc) is 2.47. The molecule has 0 aliphatic heterocycles. The number of benzene rings is 1. The van der Waals surface area contributed by atoms with Crippen LogP contribution in [0.5, 0.6) is 0 Å². The summed E-state index contributed by atoms with van der Waals surface area (Å²) in [5, 5.41) is 3.66. The molecule has 0 saturated carbocycles. The molecule has 0 saturated heterocycles. The minimum Gasteiger partial charge on any atom is -0.445 e. The van der Waals surface area contributed by atoms with Gasteiger partial charge in [-0.2, -0.15) is 13.2 Å². The molecule has 0 unspecified atom stereocenters. The summed E-state index contributed by atoms with van der Waals surface area (Å²) >= 11 is 0. The fraction of sp³-hybridized carbons (Fsp3) is 0.500. The minimum atomic E-state index is -4.76. The molecule has 0 spiro atoms. The summed E-state index contributed by atoms with van der Waals surface area (Å²) < 4.78 is 48.5. The third-order valence-corrected chi connectivity index (χ3v) is 2.75. The van der Waals surface area contributed by atoms with Crippen LogP contribution in [0, 0.1) is 0 Å². The molecule has 2 amide bonds. The highest BCUT2D eigenvalue weighted by atomic mass is 19.4. The molecule has 0 heterocycles. The van der Waals surface area contributed by atoms with Crippen LogP contribution in [-0.2, 0) is 16.1 Å². The maximum Gasteiger partial charge on any atom is 0.410 e. The lowest BCUT2D eigenvalue weighted by Crippen LogP contribution is -2.53. The summed E-state index contributed by atoms with van der Waals surface area (Å²) in [5.74, 6) is 0. The first kappa shape index (κ1) is 20.6. The second-order valence-electron chi connectivity index (χ2n) is 6.18. The molecule has 1 atom stereocenters. The zero-order valence-corrected chi connectivity index (χ0v) is 14.1. The number of hydrogen-bond acceptors (Lipinski definition) is 4. The second kappa shape index (κ2) is 8.59. The Morgan fingerprint density at radius 1 is 1.08 bits per heavy atom. The van der Waals surface area contributed by atoms with Gasteiger partial charge in [-0.05, 0) is 26.3 Å². The van der Waals surface area contributed by atoms with E-state index in [1.807, 2.05) is 5.32 Å².